The molecule has 0 unspecified atom stereocenters. The molecule has 0 aliphatic carbocycles. The van der Waals surface area contributed by atoms with Gasteiger partial charge in [-0.1, -0.05) is 6.07 Å². The SMILES string of the molecule is CN(C)c1n[nH]c(-c2ccccn2)n1. The number of anilines is 1. The Balaban J connectivity index is 2.34. The fourth-order valence-corrected chi connectivity index (χ4v) is 1.07. The zero-order chi connectivity index (χ0) is 9.97. The molecule has 0 spiro atoms. The van der Waals surface area contributed by atoms with Gasteiger partial charge in [-0.3, -0.25) is 10.1 Å². The molecule has 0 fully saturated rings. The molecule has 0 radical (unpaired) electrons. The molecule has 0 saturated carbocycles. The van der Waals surface area contributed by atoms with E-state index in [4.69, 9.17) is 0 Å². The molecule has 5 heteroatoms. The Labute approximate surface area is 81.8 Å². The van der Waals surface area contributed by atoms with Crippen LogP contribution in [0.3, 0.4) is 0 Å². The van der Waals surface area contributed by atoms with Crippen LogP contribution in [0.4, 0.5) is 5.95 Å². The Kier molecular flexibility index (Phi) is 2.14. The van der Waals surface area contributed by atoms with Crippen molar-refractivity contribution >= 4 is 5.95 Å². The van der Waals surface area contributed by atoms with Gasteiger partial charge in [0, 0.05) is 20.3 Å². The number of nitrogens with one attached hydrogen (secondary N) is 1. The Morgan fingerprint density at radius 2 is 2.14 bits per heavy atom. The average molecular weight is 189 g/mol. The van der Waals surface area contributed by atoms with Crippen LogP contribution in [0.25, 0.3) is 11.5 Å². The summed E-state index contributed by atoms with van der Waals surface area (Å²) in [7, 11) is 3.79. The summed E-state index contributed by atoms with van der Waals surface area (Å²) in [5.74, 6) is 1.35. The number of pyridine rings is 1. The quantitative estimate of drug-likeness (QED) is 0.763. The minimum absolute atomic E-state index is 0.658. The number of H-pyrrole nitrogens is 1. The van der Waals surface area contributed by atoms with Gasteiger partial charge in [-0.05, 0) is 12.1 Å². The lowest BCUT2D eigenvalue weighted by Gasteiger charge is -2.03. The van der Waals surface area contributed by atoms with E-state index in [-0.39, 0.29) is 0 Å². The first kappa shape index (κ1) is 8.68. The largest absolute Gasteiger partial charge is 0.346 e. The molecule has 0 bridgehead atoms. The molecule has 2 aromatic rings. The third-order valence-corrected chi connectivity index (χ3v) is 1.78. The van der Waals surface area contributed by atoms with Crippen molar-refractivity contribution in [1.82, 2.24) is 20.2 Å². The van der Waals surface area contributed by atoms with Crippen LogP contribution >= 0.6 is 0 Å². The molecule has 14 heavy (non-hydrogen) atoms. The highest BCUT2D eigenvalue weighted by atomic mass is 15.3. The summed E-state index contributed by atoms with van der Waals surface area (Å²) >= 11 is 0. The summed E-state index contributed by atoms with van der Waals surface area (Å²) < 4.78 is 0. The molecule has 5 nitrogen and oxygen atoms in total. The van der Waals surface area contributed by atoms with Crippen molar-refractivity contribution in [3.8, 4) is 11.5 Å². The van der Waals surface area contributed by atoms with E-state index in [2.05, 4.69) is 20.2 Å². The highest BCUT2D eigenvalue weighted by Crippen LogP contribution is 2.12. The molecule has 72 valence electrons. The topological polar surface area (TPSA) is 57.7 Å². The van der Waals surface area contributed by atoms with Crippen LogP contribution in [0, 0.1) is 0 Å². The molecule has 2 rings (SSSR count). The van der Waals surface area contributed by atoms with E-state index >= 15 is 0 Å². The molecular weight excluding hydrogens is 178 g/mol. The molecule has 0 aromatic carbocycles. The van der Waals surface area contributed by atoms with E-state index in [1.807, 2.05) is 37.2 Å². The van der Waals surface area contributed by atoms with Crippen molar-refractivity contribution in [1.29, 1.82) is 0 Å². The van der Waals surface area contributed by atoms with Gasteiger partial charge in [-0.2, -0.15) is 4.98 Å². The summed E-state index contributed by atoms with van der Waals surface area (Å²) in [4.78, 5) is 10.3. The van der Waals surface area contributed by atoms with Crippen LogP contribution in [-0.2, 0) is 0 Å². The first-order valence-corrected chi connectivity index (χ1v) is 4.28. The van der Waals surface area contributed by atoms with E-state index in [9.17, 15) is 0 Å². The lowest BCUT2D eigenvalue weighted by Crippen LogP contribution is -2.10. The zero-order valence-electron chi connectivity index (χ0n) is 8.10. The fourth-order valence-electron chi connectivity index (χ4n) is 1.07. The number of nitrogens with zero attached hydrogens (tertiary/aromatic N) is 4. The van der Waals surface area contributed by atoms with Crippen LogP contribution in [0.2, 0.25) is 0 Å². The molecule has 0 aliphatic heterocycles. The summed E-state index contributed by atoms with van der Waals surface area (Å²) in [6.07, 6.45) is 1.73. The van der Waals surface area contributed by atoms with Gasteiger partial charge in [0.05, 0.1) is 0 Å². The second-order valence-electron chi connectivity index (χ2n) is 3.09. The number of hydrogen-bond acceptors (Lipinski definition) is 4. The predicted octanol–water partition coefficient (Wildman–Crippen LogP) is 0.933. The van der Waals surface area contributed by atoms with Crippen molar-refractivity contribution in [3.63, 3.8) is 0 Å². The highest BCUT2D eigenvalue weighted by Gasteiger charge is 2.06. The number of aromatic nitrogens is 4. The maximum atomic E-state index is 4.28. The van der Waals surface area contributed by atoms with E-state index in [1.54, 1.807) is 6.20 Å². The maximum absolute atomic E-state index is 4.28. The van der Waals surface area contributed by atoms with E-state index in [1.165, 1.54) is 0 Å². The van der Waals surface area contributed by atoms with Crippen LogP contribution < -0.4 is 4.90 Å². The monoisotopic (exact) mass is 189 g/mol. The van der Waals surface area contributed by atoms with Crippen molar-refractivity contribution < 1.29 is 0 Å². The zero-order valence-corrected chi connectivity index (χ0v) is 8.10. The molecule has 2 heterocycles. The standard InChI is InChI=1S/C9H11N5/c1-14(2)9-11-8(12-13-9)7-5-3-4-6-10-7/h3-6H,1-2H3,(H,11,12,13). The van der Waals surface area contributed by atoms with Gasteiger partial charge >= 0.3 is 0 Å². The van der Waals surface area contributed by atoms with Gasteiger partial charge < -0.3 is 4.90 Å². The van der Waals surface area contributed by atoms with Gasteiger partial charge in [0.15, 0.2) is 5.82 Å². The molecule has 0 amide bonds. The highest BCUT2D eigenvalue weighted by molar-refractivity contribution is 5.50. The van der Waals surface area contributed by atoms with Crippen molar-refractivity contribution in [3.05, 3.63) is 24.4 Å². The fraction of sp³-hybridized carbons (Fsp3) is 0.222. The molecule has 0 aliphatic rings. The lowest BCUT2D eigenvalue weighted by atomic mass is 10.3. The maximum Gasteiger partial charge on any atom is 0.244 e. The minimum Gasteiger partial charge on any atom is -0.346 e. The van der Waals surface area contributed by atoms with Gasteiger partial charge in [-0.15, -0.1) is 5.10 Å². The van der Waals surface area contributed by atoms with E-state index < -0.39 is 0 Å². The first-order chi connectivity index (χ1) is 6.77. The number of rotatable bonds is 2. The Hall–Kier alpha value is -1.91. The molecular formula is C9H11N5. The van der Waals surface area contributed by atoms with Crippen molar-refractivity contribution in [2.75, 3.05) is 19.0 Å². The summed E-state index contributed by atoms with van der Waals surface area (Å²) in [6.45, 7) is 0. The second-order valence-corrected chi connectivity index (χ2v) is 3.09. The van der Waals surface area contributed by atoms with Crippen LogP contribution in [0.5, 0.6) is 0 Å². The van der Waals surface area contributed by atoms with Crippen LogP contribution in [0.1, 0.15) is 0 Å². The third-order valence-electron chi connectivity index (χ3n) is 1.78. The van der Waals surface area contributed by atoms with Gasteiger partial charge in [0.2, 0.25) is 5.95 Å². The Morgan fingerprint density at radius 1 is 1.29 bits per heavy atom. The van der Waals surface area contributed by atoms with Crippen LogP contribution in [0.15, 0.2) is 24.4 Å². The summed E-state index contributed by atoms with van der Waals surface area (Å²) in [5, 5.41) is 6.88. The lowest BCUT2D eigenvalue weighted by molar-refractivity contribution is 0.998. The minimum atomic E-state index is 0.658. The first-order valence-electron chi connectivity index (χ1n) is 4.28. The van der Waals surface area contributed by atoms with Crippen molar-refractivity contribution in [2.24, 2.45) is 0 Å². The Bertz CT molecular complexity index is 406. The van der Waals surface area contributed by atoms with Gasteiger partial charge in [-0.25, -0.2) is 0 Å². The van der Waals surface area contributed by atoms with Crippen LogP contribution in [-0.4, -0.2) is 34.3 Å². The normalized spacial score (nSPS) is 10.1. The van der Waals surface area contributed by atoms with E-state index in [0.717, 1.165) is 5.69 Å². The Morgan fingerprint density at radius 3 is 2.71 bits per heavy atom. The molecule has 1 N–H and O–H groups in total. The molecule has 2 aromatic heterocycles. The predicted molar refractivity (Wildman–Crippen MR) is 53.9 cm³/mol. The summed E-state index contributed by atoms with van der Waals surface area (Å²) in [6, 6.07) is 5.67. The summed E-state index contributed by atoms with van der Waals surface area (Å²) in [5.41, 5.74) is 0.799. The van der Waals surface area contributed by atoms with Gasteiger partial charge in [0.25, 0.3) is 0 Å². The number of aromatic amines is 1. The average Bonchev–Trinajstić information content (AvgIpc) is 2.68. The van der Waals surface area contributed by atoms with Gasteiger partial charge in [0.1, 0.15) is 5.69 Å². The molecule has 0 atom stereocenters. The number of hydrogen-bond donors (Lipinski definition) is 1. The van der Waals surface area contributed by atoms with Crippen molar-refractivity contribution in [2.45, 2.75) is 0 Å². The smallest absolute Gasteiger partial charge is 0.244 e. The third kappa shape index (κ3) is 1.56. The van der Waals surface area contributed by atoms with E-state index in [0.29, 0.717) is 11.8 Å². The second kappa shape index (κ2) is 3.45. The molecule has 0 saturated heterocycles.